The van der Waals surface area contributed by atoms with Gasteiger partial charge in [-0.05, 0) is 45.4 Å². The van der Waals surface area contributed by atoms with Crippen LogP contribution in [0.4, 0.5) is 0 Å². The monoisotopic (exact) mass is 267 g/mol. The highest BCUT2D eigenvalue weighted by Crippen LogP contribution is 2.34. The van der Waals surface area contributed by atoms with Gasteiger partial charge in [-0.25, -0.2) is 0 Å². The third-order valence-electron chi connectivity index (χ3n) is 4.12. The van der Waals surface area contributed by atoms with Crippen LogP contribution in [0.15, 0.2) is 4.99 Å². The molecule has 19 heavy (non-hydrogen) atoms. The van der Waals surface area contributed by atoms with Crippen molar-refractivity contribution in [2.24, 2.45) is 10.9 Å². The van der Waals surface area contributed by atoms with Crippen molar-refractivity contribution >= 4 is 5.96 Å². The molecule has 3 unspecified atom stereocenters. The lowest BCUT2D eigenvalue weighted by molar-refractivity contribution is 0.0283. The summed E-state index contributed by atoms with van der Waals surface area (Å²) in [6.07, 6.45) is 6.20. The van der Waals surface area contributed by atoms with Crippen LogP contribution >= 0.6 is 0 Å². The third kappa shape index (κ3) is 4.37. The maximum Gasteiger partial charge on any atom is 0.191 e. The summed E-state index contributed by atoms with van der Waals surface area (Å²) in [6.45, 7) is 9.09. The first-order valence-corrected chi connectivity index (χ1v) is 7.85. The summed E-state index contributed by atoms with van der Waals surface area (Å²) in [5.41, 5.74) is -0.0469. The normalized spacial score (nSPS) is 34.4. The molecule has 2 rings (SSSR count). The molecule has 0 aromatic rings. The molecule has 2 aliphatic rings. The second-order valence-corrected chi connectivity index (χ2v) is 6.13. The van der Waals surface area contributed by atoms with E-state index in [1.54, 1.807) is 0 Å². The van der Waals surface area contributed by atoms with Crippen LogP contribution in [-0.2, 0) is 4.74 Å². The van der Waals surface area contributed by atoms with Gasteiger partial charge in [0.05, 0.1) is 12.1 Å². The first-order chi connectivity index (χ1) is 9.17. The van der Waals surface area contributed by atoms with E-state index in [9.17, 15) is 0 Å². The van der Waals surface area contributed by atoms with Gasteiger partial charge in [-0.15, -0.1) is 0 Å². The molecule has 4 heteroatoms. The van der Waals surface area contributed by atoms with Crippen molar-refractivity contribution < 1.29 is 4.74 Å². The molecule has 3 atom stereocenters. The van der Waals surface area contributed by atoms with Crippen LogP contribution in [0.2, 0.25) is 0 Å². The lowest BCUT2D eigenvalue weighted by Crippen LogP contribution is -2.40. The lowest BCUT2D eigenvalue weighted by Gasteiger charge is -2.21. The van der Waals surface area contributed by atoms with E-state index in [0.717, 1.165) is 44.4 Å². The molecule has 0 radical (unpaired) electrons. The molecule has 1 aliphatic carbocycles. The van der Waals surface area contributed by atoms with Gasteiger partial charge in [-0.1, -0.05) is 13.3 Å². The summed E-state index contributed by atoms with van der Waals surface area (Å²) in [5.74, 6) is 1.81. The molecule has 0 spiro atoms. The van der Waals surface area contributed by atoms with E-state index < -0.39 is 0 Å². The molecule has 1 aliphatic heterocycles. The Bertz CT molecular complexity index is 311. The Morgan fingerprint density at radius 1 is 1.42 bits per heavy atom. The van der Waals surface area contributed by atoms with E-state index >= 15 is 0 Å². The minimum Gasteiger partial charge on any atom is -0.373 e. The topological polar surface area (TPSA) is 45.7 Å². The molecule has 1 saturated heterocycles. The fourth-order valence-electron chi connectivity index (χ4n) is 2.82. The lowest BCUT2D eigenvalue weighted by atomic mass is 10.0. The molecule has 110 valence electrons. The van der Waals surface area contributed by atoms with Crippen LogP contribution in [-0.4, -0.2) is 37.3 Å². The minimum absolute atomic E-state index is 0.0469. The second kappa shape index (κ2) is 6.60. The van der Waals surface area contributed by atoms with Crippen molar-refractivity contribution in [2.45, 2.75) is 64.5 Å². The Hall–Kier alpha value is -0.770. The average Bonchev–Trinajstić information content (AvgIpc) is 2.95. The number of nitrogens with one attached hydrogen (secondary N) is 2. The Kier molecular flexibility index (Phi) is 5.08. The zero-order valence-electron chi connectivity index (χ0n) is 12.7. The molecule has 1 heterocycles. The van der Waals surface area contributed by atoms with E-state index in [2.05, 4.69) is 31.4 Å². The average molecular weight is 267 g/mol. The standard InChI is InChI=1S/C15H29N3O/c1-4-7-12-10-13(12)18-14(16-5-2)17-11-15(3)8-6-9-19-15/h12-13H,4-11H2,1-3H3,(H2,16,17,18). The Morgan fingerprint density at radius 2 is 2.26 bits per heavy atom. The predicted molar refractivity (Wildman–Crippen MR) is 79.5 cm³/mol. The van der Waals surface area contributed by atoms with Crippen LogP contribution in [0.25, 0.3) is 0 Å². The van der Waals surface area contributed by atoms with Crippen molar-refractivity contribution in [3.05, 3.63) is 0 Å². The number of ether oxygens (including phenoxy) is 1. The zero-order valence-corrected chi connectivity index (χ0v) is 12.7. The van der Waals surface area contributed by atoms with Crippen molar-refractivity contribution in [3.8, 4) is 0 Å². The summed E-state index contributed by atoms with van der Waals surface area (Å²) in [7, 11) is 0. The highest BCUT2D eigenvalue weighted by atomic mass is 16.5. The number of hydrogen-bond donors (Lipinski definition) is 2. The molecular weight excluding hydrogens is 238 g/mol. The van der Waals surface area contributed by atoms with Gasteiger partial charge in [0.15, 0.2) is 5.96 Å². The van der Waals surface area contributed by atoms with Crippen LogP contribution in [0, 0.1) is 5.92 Å². The van der Waals surface area contributed by atoms with Crippen LogP contribution in [0.3, 0.4) is 0 Å². The van der Waals surface area contributed by atoms with E-state index in [-0.39, 0.29) is 5.60 Å². The van der Waals surface area contributed by atoms with Crippen LogP contribution < -0.4 is 10.6 Å². The molecule has 2 N–H and O–H groups in total. The third-order valence-corrected chi connectivity index (χ3v) is 4.12. The minimum atomic E-state index is -0.0469. The first-order valence-electron chi connectivity index (χ1n) is 7.85. The maximum absolute atomic E-state index is 5.79. The number of rotatable bonds is 6. The molecule has 0 aromatic heterocycles. The molecule has 1 saturated carbocycles. The first kappa shape index (κ1) is 14.6. The Morgan fingerprint density at radius 3 is 2.89 bits per heavy atom. The highest BCUT2D eigenvalue weighted by Gasteiger charge is 2.37. The van der Waals surface area contributed by atoms with Gasteiger partial charge in [0, 0.05) is 19.2 Å². The van der Waals surface area contributed by atoms with E-state index in [1.165, 1.54) is 19.3 Å². The SMILES string of the molecule is CCCC1CC1NC(=NCC1(C)CCCO1)NCC. The van der Waals surface area contributed by atoms with Crippen molar-refractivity contribution in [1.82, 2.24) is 10.6 Å². The summed E-state index contributed by atoms with van der Waals surface area (Å²) in [4.78, 5) is 4.71. The maximum atomic E-state index is 5.79. The summed E-state index contributed by atoms with van der Waals surface area (Å²) >= 11 is 0. The van der Waals surface area contributed by atoms with Gasteiger partial charge in [0.1, 0.15) is 0 Å². The molecule has 2 fully saturated rings. The van der Waals surface area contributed by atoms with Gasteiger partial charge in [-0.3, -0.25) is 4.99 Å². The molecular formula is C15H29N3O. The smallest absolute Gasteiger partial charge is 0.191 e. The Balaban J connectivity index is 1.81. The molecule has 0 bridgehead atoms. The summed E-state index contributed by atoms with van der Waals surface area (Å²) < 4.78 is 5.79. The van der Waals surface area contributed by atoms with Gasteiger partial charge >= 0.3 is 0 Å². The quantitative estimate of drug-likeness (QED) is 0.573. The fraction of sp³-hybridized carbons (Fsp3) is 0.933. The second-order valence-electron chi connectivity index (χ2n) is 6.13. The molecule has 4 nitrogen and oxygen atoms in total. The van der Waals surface area contributed by atoms with E-state index in [0.29, 0.717) is 6.04 Å². The van der Waals surface area contributed by atoms with Crippen LogP contribution in [0.5, 0.6) is 0 Å². The highest BCUT2D eigenvalue weighted by molar-refractivity contribution is 5.80. The van der Waals surface area contributed by atoms with Crippen molar-refractivity contribution in [2.75, 3.05) is 19.7 Å². The fourth-order valence-corrected chi connectivity index (χ4v) is 2.82. The van der Waals surface area contributed by atoms with Gasteiger partial charge in [0.2, 0.25) is 0 Å². The summed E-state index contributed by atoms with van der Waals surface area (Å²) in [6, 6.07) is 0.634. The van der Waals surface area contributed by atoms with Crippen molar-refractivity contribution in [3.63, 3.8) is 0 Å². The van der Waals surface area contributed by atoms with Crippen LogP contribution in [0.1, 0.15) is 52.9 Å². The van der Waals surface area contributed by atoms with E-state index in [4.69, 9.17) is 9.73 Å². The van der Waals surface area contributed by atoms with E-state index in [1.807, 2.05) is 0 Å². The van der Waals surface area contributed by atoms with Gasteiger partial charge < -0.3 is 15.4 Å². The molecule has 0 aromatic carbocycles. The van der Waals surface area contributed by atoms with Gasteiger partial charge in [0.25, 0.3) is 0 Å². The summed E-state index contributed by atoms with van der Waals surface area (Å²) in [5, 5.41) is 6.89. The number of guanidine groups is 1. The van der Waals surface area contributed by atoms with Gasteiger partial charge in [-0.2, -0.15) is 0 Å². The zero-order chi connectivity index (χ0) is 13.7. The number of hydrogen-bond acceptors (Lipinski definition) is 2. The van der Waals surface area contributed by atoms with Crippen molar-refractivity contribution in [1.29, 1.82) is 0 Å². The number of nitrogens with zero attached hydrogens (tertiary/aromatic N) is 1. The molecule has 0 amide bonds. The largest absolute Gasteiger partial charge is 0.373 e. The predicted octanol–water partition coefficient (Wildman–Crippen LogP) is 2.30. The Labute approximate surface area is 117 Å². The number of aliphatic imine (C=N–C) groups is 1.